The maximum absolute atomic E-state index is 13.0. The summed E-state index contributed by atoms with van der Waals surface area (Å²) >= 11 is 0. The number of ether oxygens (including phenoxy) is 1. The predicted octanol–water partition coefficient (Wildman–Crippen LogP) is 4.51. The number of aromatic amines is 1. The number of nitrogens with one attached hydrogen (secondary N) is 3. The number of para-hydroxylation sites is 3. The van der Waals surface area contributed by atoms with E-state index in [1.165, 1.54) is 0 Å². The molecule has 30 heavy (non-hydrogen) atoms. The molecule has 3 aromatic carbocycles. The number of aromatic nitrogens is 1. The van der Waals surface area contributed by atoms with Crippen LogP contribution >= 0.6 is 0 Å². The molecule has 6 nitrogen and oxygen atoms in total. The van der Waals surface area contributed by atoms with Gasteiger partial charge in [0.25, 0.3) is 0 Å². The van der Waals surface area contributed by atoms with Crippen molar-refractivity contribution in [3.8, 4) is 5.75 Å². The van der Waals surface area contributed by atoms with E-state index >= 15 is 0 Å². The Labute approximate surface area is 173 Å². The van der Waals surface area contributed by atoms with Crippen LogP contribution in [0.3, 0.4) is 0 Å². The summed E-state index contributed by atoms with van der Waals surface area (Å²) < 4.78 is 5.31. The van der Waals surface area contributed by atoms with Crippen molar-refractivity contribution in [2.75, 3.05) is 5.32 Å². The molecule has 150 valence electrons. The maximum atomic E-state index is 13.0. The van der Waals surface area contributed by atoms with Crippen molar-refractivity contribution in [2.45, 2.75) is 12.5 Å². The first-order valence-corrected chi connectivity index (χ1v) is 9.63. The summed E-state index contributed by atoms with van der Waals surface area (Å²) in [5, 5.41) is 6.56. The van der Waals surface area contributed by atoms with E-state index in [0.717, 1.165) is 16.5 Å². The molecule has 0 fully saturated rings. The van der Waals surface area contributed by atoms with Gasteiger partial charge < -0.3 is 20.4 Å². The van der Waals surface area contributed by atoms with Gasteiger partial charge in [-0.2, -0.15) is 0 Å². The zero-order valence-corrected chi connectivity index (χ0v) is 16.2. The van der Waals surface area contributed by atoms with E-state index in [-0.39, 0.29) is 5.91 Å². The molecule has 0 bridgehead atoms. The van der Waals surface area contributed by atoms with Crippen LogP contribution in [0, 0.1) is 0 Å². The minimum atomic E-state index is -0.819. The third-order valence-corrected chi connectivity index (χ3v) is 4.70. The van der Waals surface area contributed by atoms with E-state index in [9.17, 15) is 9.59 Å². The number of rotatable bonds is 6. The quantitative estimate of drug-likeness (QED) is 0.446. The van der Waals surface area contributed by atoms with Crippen molar-refractivity contribution in [1.82, 2.24) is 10.3 Å². The lowest BCUT2D eigenvalue weighted by atomic mass is 10.0. The summed E-state index contributed by atoms with van der Waals surface area (Å²) in [7, 11) is 0. The van der Waals surface area contributed by atoms with Gasteiger partial charge in [0.1, 0.15) is 11.8 Å². The van der Waals surface area contributed by atoms with E-state index in [1.807, 2.05) is 54.7 Å². The van der Waals surface area contributed by atoms with Crippen molar-refractivity contribution >= 4 is 28.6 Å². The number of carbonyl (C=O) groups excluding carboxylic acids is 2. The number of benzene rings is 3. The van der Waals surface area contributed by atoms with Gasteiger partial charge >= 0.3 is 6.09 Å². The van der Waals surface area contributed by atoms with Crippen molar-refractivity contribution < 1.29 is 14.3 Å². The molecule has 0 spiro atoms. The molecular weight excluding hydrogens is 378 g/mol. The third-order valence-electron chi connectivity index (χ3n) is 4.70. The minimum absolute atomic E-state index is 0.312. The fraction of sp³-hybridized carbons (Fsp3) is 0.0833. The molecule has 4 rings (SSSR count). The van der Waals surface area contributed by atoms with Gasteiger partial charge in [-0.1, -0.05) is 54.6 Å². The molecule has 6 heteroatoms. The smallest absolute Gasteiger partial charge is 0.410 e. The van der Waals surface area contributed by atoms with E-state index in [0.29, 0.717) is 17.9 Å². The number of carbonyl (C=O) groups is 2. The number of H-pyrrole nitrogens is 1. The van der Waals surface area contributed by atoms with E-state index in [1.54, 1.807) is 36.4 Å². The minimum Gasteiger partial charge on any atom is -0.410 e. The van der Waals surface area contributed by atoms with Gasteiger partial charge in [0, 0.05) is 29.2 Å². The maximum Gasteiger partial charge on any atom is 0.413 e. The Bertz CT molecular complexity index is 1140. The zero-order chi connectivity index (χ0) is 20.8. The van der Waals surface area contributed by atoms with Crippen molar-refractivity contribution in [2.24, 2.45) is 0 Å². The van der Waals surface area contributed by atoms with Crippen molar-refractivity contribution in [3.63, 3.8) is 0 Å². The first kappa shape index (κ1) is 19.3. The van der Waals surface area contributed by atoms with Crippen LogP contribution in [0.1, 0.15) is 5.56 Å². The first-order valence-electron chi connectivity index (χ1n) is 9.63. The molecule has 0 aliphatic carbocycles. The number of hydrogen-bond donors (Lipinski definition) is 3. The lowest BCUT2D eigenvalue weighted by Gasteiger charge is -2.18. The van der Waals surface area contributed by atoms with Crippen LogP contribution in [0.4, 0.5) is 10.5 Å². The molecule has 1 aromatic heterocycles. The molecule has 2 amide bonds. The molecule has 0 saturated carbocycles. The average molecular weight is 399 g/mol. The molecule has 0 unspecified atom stereocenters. The molecule has 3 N–H and O–H groups in total. The second-order valence-electron chi connectivity index (χ2n) is 6.82. The Morgan fingerprint density at radius 3 is 2.30 bits per heavy atom. The van der Waals surface area contributed by atoms with Gasteiger partial charge in [-0.25, -0.2) is 4.79 Å². The van der Waals surface area contributed by atoms with Gasteiger partial charge in [0.05, 0.1) is 0 Å². The molecule has 0 aliphatic heterocycles. The van der Waals surface area contributed by atoms with Crippen LogP contribution in [-0.4, -0.2) is 23.0 Å². The Balaban J connectivity index is 1.53. The highest BCUT2D eigenvalue weighted by molar-refractivity contribution is 5.97. The summed E-state index contributed by atoms with van der Waals surface area (Å²) in [5.41, 5.74) is 2.56. The zero-order valence-electron chi connectivity index (χ0n) is 16.2. The monoisotopic (exact) mass is 399 g/mol. The largest absolute Gasteiger partial charge is 0.413 e. The van der Waals surface area contributed by atoms with Gasteiger partial charge in [-0.05, 0) is 35.9 Å². The number of amides is 2. The predicted molar refractivity (Wildman–Crippen MR) is 116 cm³/mol. The second kappa shape index (κ2) is 8.96. The summed E-state index contributed by atoms with van der Waals surface area (Å²) in [6, 6.07) is 24.9. The summed E-state index contributed by atoms with van der Waals surface area (Å²) in [5.74, 6) is 0.0841. The Morgan fingerprint density at radius 2 is 1.53 bits per heavy atom. The van der Waals surface area contributed by atoms with Crippen LogP contribution in [0.25, 0.3) is 10.9 Å². The molecule has 0 radical (unpaired) electrons. The molecule has 0 aliphatic rings. The molecular formula is C24H21N3O3. The highest BCUT2D eigenvalue weighted by Crippen LogP contribution is 2.20. The highest BCUT2D eigenvalue weighted by Gasteiger charge is 2.23. The van der Waals surface area contributed by atoms with Gasteiger partial charge in [-0.15, -0.1) is 0 Å². The van der Waals surface area contributed by atoms with Gasteiger partial charge in [-0.3, -0.25) is 4.79 Å². The Hall–Kier alpha value is -4.06. The third kappa shape index (κ3) is 4.67. The summed E-state index contributed by atoms with van der Waals surface area (Å²) in [6.07, 6.45) is 1.48. The highest BCUT2D eigenvalue weighted by atomic mass is 16.6. The standard InChI is InChI=1S/C24H21N3O3/c28-23(26-18-9-3-1-4-10-18)22(27-24(29)30-19-11-5-2-6-12-19)15-17-16-25-21-14-8-7-13-20(17)21/h1-14,16,22,25H,15H2,(H,26,28)(H,27,29)/t22-/m0/s1. The van der Waals surface area contributed by atoms with Crippen LogP contribution in [-0.2, 0) is 11.2 Å². The SMILES string of the molecule is O=C(N[C@@H](Cc1c[nH]c2ccccc12)C(=O)Nc1ccccc1)Oc1ccccc1. The van der Waals surface area contributed by atoms with Crippen LogP contribution < -0.4 is 15.4 Å². The molecule has 1 heterocycles. The van der Waals surface area contributed by atoms with Crippen LogP contribution in [0.5, 0.6) is 5.75 Å². The summed E-state index contributed by atoms with van der Waals surface area (Å²) in [6.45, 7) is 0. The number of hydrogen-bond acceptors (Lipinski definition) is 3. The van der Waals surface area contributed by atoms with Crippen molar-refractivity contribution in [3.05, 3.63) is 96.7 Å². The topological polar surface area (TPSA) is 83.2 Å². The molecule has 0 saturated heterocycles. The molecule has 1 atom stereocenters. The summed E-state index contributed by atoms with van der Waals surface area (Å²) in [4.78, 5) is 28.6. The number of fused-ring (bicyclic) bond motifs is 1. The second-order valence-corrected chi connectivity index (χ2v) is 6.82. The van der Waals surface area contributed by atoms with Gasteiger partial charge in [0.2, 0.25) is 5.91 Å². The first-order chi connectivity index (χ1) is 14.7. The Morgan fingerprint density at radius 1 is 0.867 bits per heavy atom. The fourth-order valence-corrected chi connectivity index (χ4v) is 3.25. The average Bonchev–Trinajstić information content (AvgIpc) is 3.17. The van der Waals surface area contributed by atoms with Gasteiger partial charge in [0.15, 0.2) is 0 Å². The van der Waals surface area contributed by atoms with E-state index < -0.39 is 12.1 Å². The fourth-order valence-electron chi connectivity index (χ4n) is 3.25. The Kier molecular flexibility index (Phi) is 5.75. The normalized spacial score (nSPS) is 11.6. The van der Waals surface area contributed by atoms with E-state index in [4.69, 9.17) is 4.74 Å². The van der Waals surface area contributed by atoms with Crippen LogP contribution in [0.15, 0.2) is 91.1 Å². The molecule has 4 aromatic rings. The van der Waals surface area contributed by atoms with Crippen LogP contribution in [0.2, 0.25) is 0 Å². The number of anilines is 1. The lowest BCUT2D eigenvalue weighted by Crippen LogP contribution is -2.46. The lowest BCUT2D eigenvalue weighted by molar-refractivity contribution is -0.118. The van der Waals surface area contributed by atoms with Crippen molar-refractivity contribution in [1.29, 1.82) is 0 Å². The van der Waals surface area contributed by atoms with E-state index in [2.05, 4.69) is 15.6 Å².